The lowest BCUT2D eigenvalue weighted by Crippen LogP contribution is -2.34. The van der Waals surface area contributed by atoms with Crippen LogP contribution in [0, 0.1) is 0 Å². The number of nitrogens with zero attached hydrogens (tertiary/aromatic N) is 1. The zero-order chi connectivity index (χ0) is 17.0. The minimum absolute atomic E-state index is 0.153. The Morgan fingerprint density at radius 1 is 1.05 bits per heavy atom. The Labute approximate surface area is 131 Å². The summed E-state index contributed by atoms with van der Waals surface area (Å²) in [7, 11) is -2.12. The van der Waals surface area contributed by atoms with E-state index >= 15 is 0 Å². The molecule has 0 aliphatic rings. The van der Waals surface area contributed by atoms with Crippen LogP contribution in [0.2, 0.25) is 0 Å². The highest BCUT2D eigenvalue weighted by Gasteiger charge is 2.30. The summed E-state index contributed by atoms with van der Waals surface area (Å²) >= 11 is 0. The molecule has 0 aliphatic carbocycles. The van der Waals surface area contributed by atoms with Crippen LogP contribution in [0.25, 0.3) is 0 Å². The number of amides is 1. The maximum absolute atomic E-state index is 12.5. The van der Waals surface area contributed by atoms with Crippen LogP contribution >= 0.6 is 7.60 Å². The molecule has 0 atom stereocenters. The van der Waals surface area contributed by atoms with Crippen molar-refractivity contribution < 1.29 is 32.7 Å². The van der Waals surface area contributed by atoms with Crippen LogP contribution in [-0.2, 0) is 27.9 Å². The van der Waals surface area contributed by atoms with Gasteiger partial charge in [0.05, 0.1) is 26.9 Å². The van der Waals surface area contributed by atoms with Crippen LogP contribution in [0.1, 0.15) is 33.6 Å². The maximum Gasteiger partial charge on any atom is 0.410 e. The summed E-state index contributed by atoms with van der Waals surface area (Å²) in [4.78, 5) is 24.3. The van der Waals surface area contributed by atoms with Crippen LogP contribution in [0.15, 0.2) is 0 Å². The van der Waals surface area contributed by atoms with Crippen molar-refractivity contribution in [3.05, 3.63) is 0 Å². The molecule has 0 spiro atoms. The summed E-state index contributed by atoms with van der Waals surface area (Å²) in [5.41, 5.74) is 0. The van der Waals surface area contributed by atoms with Crippen molar-refractivity contribution in [3.8, 4) is 0 Å². The molecule has 0 N–H and O–H groups in total. The molecule has 0 unspecified atom stereocenters. The van der Waals surface area contributed by atoms with Gasteiger partial charge in [-0.25, -0.2) is 4.79 Å². The number of hydrogen-bond acceptors (Lipinski definition) is 7. The van der Waals surface area contributed by atoms with Crippen LogP contribution in [0.4, 0.5) is 4.79 Å². The van der Waals surface area contributed by atoms with E-state index in [9.17, 15) is 14.2 Å². The topological polar surface area (TPSA) is 91.4 Å². The van der Waals surface area contributed by atoms with Gasteiger partial charge in [-0.15, -0.1) is 0 Å². The van der Waals surface area contributed by atoms with Crippen LogP contribution in [-0.4, -0.2) is 56.7 Å². The van der Waals surface area contributed by atoms with E-state index in [-0.39, 0.29) is 45.0 Å². The third kappa shape index (κ3) is 8.36. The lowest BCUT2D eigenvalue weighted by molar-refractivity contribution is -0.140. The van der Waals surface area contributed by atoms with Gasteiger partial charge < -0.3 is 18.5 Å². The molecule has 0 bridgehead atoms. The van der Waals surface area contributed by atoms with Gasteiger partial charge in [0, 0.05) is 13.0 Å². The average molecular weight is 339 g/mol. The second-order valence-electron chi connectivity index (χ2n) is 4.23. The molecule has 0 aromatic heterocycles. The standard InChI is InChI=1S/C13H26NO7P/c1-5-19-13(16)14(10-8-9-12(15)18-4)11-22(17,20-6-2)21-7-3/h5-11H2,1-4H3. The highest BCUT2D eigenvalue weighted by molar-refractivity contribution is 7.53. The van der Waals surface area contributed by atoms with E-state index in [0.717, 1.165) is 0 Å². The molecule has 0 saturated heterocycles. The van der Waals surface area contributed by atoms with E-state index in [1.54, 1.807) is 20.8 Å². The van der Waals surface area contributed by atoms with Crippen molar-refractivity contribution in [3.63, 3.8) is 0 Å². The molecule has 0 heterocycles. The Kier molecular flexibility index (Phi) is 10.9. The van der Waals surface area contributed by atoms with E-state index in [1.807, 2.05) is 0 Å². The third-order valence-corrected chi connectivity index (χ3v) is 4.55. The van der Waals surface area contributed by atoms with Gasteiger partial charge in [0.15, 0.2) is 0 Å². The highest BCUT2D eigenvalue weighted by atomic mass is 31.2. The molecule has 0 aliphatic heterocycles. The van der Waals surface area contributed by atoms with Gasteiger partial charge in [-0.3, -0.25) is 14.3 Å². The summed E-state index contributed by atoms with van der Waals surface area (Å²) in [6.45, 7) is 5.86. The first-order chi connectivity index (χ1) is 10.4. The summed E-state index contributed by atoms with van der Waals surface area (Å²) in [5.74, 6) is -0.374. The van der Waals surface area contributed by atoms with E-state index in [1.165, 1.54) is 12.0 Å². The first-order valence-electron chi connectivity index (χ1n) is 7.29. The number of rotatable bonds is 11. The smallest absolute Gasteiger partial charge is 0.410 e. The molecule has 9 heteroatoms. The van der Waals surface area contributed by atoms with E-state index in [4.69, 9.17) is 13.8 Å². The van der Waals surface area contributed by atoms with Crippen molar-refractivity contribution in [2.45, 2.75) is 33.6 Å². The largest absolute Gasteiger partial charge is 0.469 e. The van der Waals surface area contributed by atoms with E-state index < -0.39 is 13.7 Å². The first-order valence-corrected chi connectivity index (χ1v) is 9.01. The van der Waals surface area contributed by atoms with Crippen molar-refractivity contribution >= 4 is 19.7 Å². The van der Waals surface area contributed by atoms with Gasteiger partial charge in [0.2, 0.25) is 0 Å². The van der Waals surface area contributed by atoms with Gasteiger partial charge in [-0.2, -0.15) is 0 Å². The Balaban J connectivity index is 4.79. The Hall–Kier alpha value is -1.11. The van der Waals surface area contributed by atoms with Gasteiger partial charge in [0.25, 0.3) is 0 Å². The summed E-state index contributed by atoms with van der Waals surface area (Å²) < 4.78 is 32.3. The summed E-state index contributed by atoms with van der Waals surface area (Å²) in [6.07, 6.45) is -0.315. The molecular formula is C13H26NO7P. The Morgan fingerprint density at radius 3 is 2.09 bits per heavy atom. The van der Waals surface area contributed by atoms with Gasteiger partial charge in [-0.1, -0.05) is 0 Å². The monoisotopic (exact) mass is 339 g/mol. The fourth-order valence-electron chi connectivity index (χ4n) is 1.67. The fraction of sp³-hybridized carbons (Fsp3) is 0.846. The SMILES string of the molecule is CCOC(=O)N(CCCC(=O)OC)CP(=O)(OCC)OCC. The lowest BCUT2D eigenvalue weighted by Gasteiger charge is -2.26. The second-order valence-corrected chi connectivity index (χ2v) is 6.25. The van der Waals surface area contributed by atoms with Gasteiger partial charge >= 0.3 is 19.7 Å². The van der Waals surface area contributed by atoms with Crippen molar-refractivity contribution in [2.24, 2.45) is 0 Å². The van der Waals surface area contributed by atoms with Crippen LogP contribution in [0.5, 0.6) is 0 Å². The minimum Gasteiger partial charge on any atom is -0.469 e. The number of methoxy groups -OCH3 is 1. The summed E-state index contributed by atoms with van der Waals surface area (Å²) in [5, 5.41) is 0. The van der Waals surface area contributed by atoms with Gasteiger partial charge in [0.1, 0.15) is 6.29 Å². The minimum atomic E-state index is -3.41. The molecule has 0 aromatic rings. The maximum atomic E-state index is 12.5. The fourth-order valence-corrected chi connectivity index (χ4v) is 3.37. The molecule has 130 valence electrons. The zero-order valence-electron chi connectivity index (χ0n) is 13.7. The molecule has 8 nitrogen and oxygen atoms in total. The van der Waals surface area contributed by atoms with E-state index in [2.05, 4.69) is 4.74 Å². The van der Waals surface area contributed by atoms with Crippen LogP contribution < -0.4 is 0 Å². The third-order valence-electron chi connectivity index (χ3n) is 2.56. The number of esters is 1. The molecule has 22 heavy (non-hydrogen) atoms. The molecular weight excluding hydrogens is 313 g/mol. The number of ether oxygens (including phenoxy) is 2. The highest BCUT2D eigenvalue weighted by Crippen LogP contribution is 2.48. The number of carbonyl (C=O) groups excluding carboxylic acids is 2. The van der Waals surface area contributed by atoms with Crippen LogP contribution in [0.3, 0.4) is 0 Å². The van der Waals surface area contributed by atoms with Gasteiger partial charge in [-0.05, 0) is 27.2 Å². The predicted molar refractivity (Wildman–Crippen MR) is 80.7 cm³/mol. The normalized spacial score (nSPS) is 11.1. The molecule has 0 aromatic carbocycles. The zero-order valence-corrected chi connectivity index (χ0v) is 14.6. The number of carbonyl (C=O) groups is 2. The average Bonchev–Trinajstić information content (AvgIpc) is 2.46. The van der Waals surface area contributed by atoms with E-state index in [0.29, 0.717) is 6.42 Å². The Bertz CT molecular complexity index is 379. The summed E-state index contributed by atoms with van der Waals surface area (Å²) in [6, 6.07) is 0. The molecule has 0 radical (unpaired) electrons. The molecule has 1 amide bonds. The number of hydrogen-bond donors (Lipinski definition) is 0. The molecule has 0 rings (SSSR count). The Morgan fingerprint density at radius 2 is 1.64 bits per heavy atom. The first kappa shape index (κ1) is 20.9. The quantitative estimate of drug-likeness (QED) is 0.422. The van der Waals surface area contributed by atoms with Crippen molar-refractivity contribution in [1.29, 1.82) is 0 Å². The lowest BCUT2D eigenvalue weighted by atomic mass is 10.3. The predicted octanol–water partition coefficient (Wildman–Crippen LogP) is 2.62. The molecule has 0 fully saturated rings. The second kappa shape index (κ2) is 11.5. The van der Waals surface area contributed by atoms with Crippen molar-refractivity contribution in [1.82, 2.24) is 4.90 Å². The van der Waals surface area contributed by atoms with Crippen molar-refractivity contribution in [2.75, 3.05) is 39.8 Å². The molecule has 0 saturated carbocycles.